The summed E-state index contributed by atoms with van der Waals surface area (Å²) in [6.07, 6.45) is -1.75. The van der Waals surface area contributed by atoms with Crippen LogP contribution in [0.15, 0.2) is 65.0 Å². The lowest BCUT2D eigenvalue weighted by Gasteiger charge is -2.49. The number of ketones is 2. The molecule has 0 unspecified atom stereocenters. The van der Waals surface area contributed by atoms with E-state index < -0.39 is 28.3 Å². The van der Waals surface area contributed by atoms with E-state index in [9.17, 15) is 32.9 Å². The van der Waals surface area contributed by atoms with Gasteiger partial charge in [-0.05, 0) is 59.9 Å². The Bertz CT molecular complexity index is 1510. The molecule has 43 heavy (non-hydrogen) atoms. The van der Waals surface area contributed by atoms with Crippen molar-refractivity contribution in [2.24, 2.45) is 10.8 Å². The van der Waals surface area contributed by atoms with Gasteiger partial charge in [0.05, 0.1) is 10.5 Å². The van der Waals surface area contributed by atoms with Gasteiger partial charge in [0.1, 0.15) is 5.75 Å². The number of halogens is 3. The number of benzene rings is 2. The van der Waals surface area contributed by atoms with Crippen LogP contribution >= 0.6 is 0 Å². The summed E-state index contributed by atoms with van der Waals surface area (Å²) in [6.45, 7) is 11.1. The van der Waals surface area contributed by atoms with E-state index in [1.807, 2.05) is 0 Å². The van der Waals surface area contributed by atoms with Gasteiger partial charge in [-0.25, -0.2) is 0 Å². The monoisotopic (exact) mass is 596 g/mol. The van der Waals surface area contributed by atoms with E-state index in [0.717, 1.165) is 29.9 Å². The highest BCUT2D eigenvalue weighted by molar-refractivity contribution is 6.06. The van der Waals surface area contributed by atoms with Crippen LogP contribution in [0.1, 0.15) is 83.8 Å². The van der Waals surface area contributed by atoms with Crippen LogP contribution in [0.2, 0.25) is 0 Å². The number of allylic oxidation sites excluding steroid dienone is 4. The quantitative estimate of drug-likeness (QED) is 0.245. The first-order chi connectivity index (χ1) is 20.0. The molecule has 0 amide bonds. The summed E-state index contributed by atoms with van der Waals surface area (Å²) in [6, 6.07) is 8.67. The maximum absolute atomic E-state index is 13.8. The Labute approximate surface area is 248 Å². The molecule has 1 heterocycles. The summed E-state index contributed by atoms with van der Waals surface area (Å²) in [4.78, 5) is 40.4. The topological polar surface area (TPSA) is 89.8 Å². The molecule has 0 radical (unpaired) electrons. The summed E-state index contributed by atoms with van der Waals surface area (Å²) >= 11 is 0. The molecule has 1 aliphatic heterocycles. The lowest BCUT2D eigenvalue weighted by atomic mass is 9.63. The van der Waals surface area contributed by atoms with E-state index >= 15 is 0 Å². The van der Waals surface area contributed by atoms with Crippen molar-refractivity contribution in [1.29, 1.82) is 0 Å². The van der Waals surface area contributed by atoms with E-state index in [2.05, 4.69) is 39.5 Å². The molecule has 2 aromatic carbocycles. The third-order valence-corrected chi connectivity index (χ3v) is 8.39. The molecule has 2 aromatic rings. The molecule has 0 saturated carbocycles. The number of alkyl halides is 3. The van der Waals surface area contributed by atoms with Crippen molar-refractivity contribution >= 4 is 17.3 Å². The molecular weight excluding hydrogens is 561 g/mol. The summed E-state index contributed by atoms with van der Waals surface area (Å²) in [5.41, 5.74) is 1.53. The number of Topliss-reactive ketones (excluding diaryl/α,β-unsaturated/α-hetero) is 2. The lowest BCUT2D eigenvalue weighted by Crippen LogP contribution is -2.44. The second-order valence-corrected chi connectivity index (χ2v) is 13.3. The van der Waals surface area contributed by atoms with Crippen molar-refractivity contribution in [3.05, 3.63) is 86.2 Å². The highest BCUT2D eigenvalue weighted by atomic mass is 19.4. The average molecular weight is 597 g/mol. The zero-order chi connectivity index (χ0) is 31.5. The number of ether oxygens (including phenoxy) is 1. The van der Waals surface area contributed by atoms with E-state index in [4.69, 9.17) is 4.74 Å². The normalized spacial score (nSPS) is 20.2. The van der Waals surface area contributed by atoms with Gasteiger partial charge in [0.2, 0.25) is 5.75 Å². The van der Waals surface area contributed by atoms with Crippen molar-refractivity contribution in [2.75, 3.05) is 6.54 Å². The predicted octanol–water partition coefficient (Wildman–Crippen LogP) is 8.50. The van der Waals surface area contributed by atoms with Crippen LogP contribution in [-0.4, -0.2) is 27.9 Å². The molecule has 3 aliphatic rings. The Balaban J connectivity index is 1.58. The summed E-state index contributed by atoms with van der Waals surface area (Å²) in [5.74, 6) is -0.683. The second kappa shape index (κ2) is 10.6. The third kappa shape index (κ3) is 5.84. The molecule has 0 saturated heterocycles. The van der Waals surface area contributed by atoms with Gasteiger partial charge in [0.25, 0.3) is 0 Å². The van der Waals surface area contributed by atoms with E-state index in [0.29, 0.717) is 55.0 Å². The smallest absolute Gasteiger partial charge is 0.416 e. The summed E-state index contributed by atoms with van der Waals surface area (Å²) in [7, 11) is 0. The van der Waals surface area contributed by atoms with Crippen molar-refractivity contribution in [1.82, 2.24) is 4.90 Å². The van der Waals surface area contributed by atoms with Crippen molar-refractivity contribution in [3.8, 4) is 11.5 Å². The summed E-state index contributed by atoms with van der Waals surface area (Å²) in [5, 5.41) is 11.5. The number of carbonyl (C=O) groups is 2. The van der Waals surface area contributed by atoms with Gasteiger partial charge in [0, 0.05) is 53.9 Å². The van der Waals surface area contributed by atoms with Crippen molar-refractivity contribution in [3.63, 3.8) is 0 Å². The number of hydrogen-bond acceptors (Lipinski definition) is 6. The highest BCUT2D eigenvalue weighted by Gasteiger charge is 2.48. The van der Waals surface area contributed by atoms with Crippen molar-refractivity contribution < 1.29 is 32.4 Å². The molecule has 5 rings (SSSR count). The highest BCUT2D eigenvalue weighted by Crippen LogP contribution is 2.54. The van der Waals surface area contributed by atoms with Crippen LogP contribution in [0.4, 0.5) is 18.9 Å². The standard InChI is InChI=1S/C33H35F3N2O5/c1-6-13-37-23-15-31(2,3)17-25(39)29(23)28(30-24(37)16-32(4,5)18-26(30)40)19-7-10-21(11-8-19)43-27-12-9-20(33(34,35)36)14-22(27)38(41)42/h7-12,14,28H,6,13,15-18H2,1-5H3. The number of nitro groups is 1. The molecule has 0 N–H and O–H groups in total. The minimum Gasteiger partial charge on any atom is -0.450 e. The molecule has 10 heteroatoms. The average Bonchev–Trinajstić information content (AvgIpc) is 2.88. The number of nitro benzene ring substituents is 1. The van der Waals surface area contributed by atoms with Crippen LogP contribution in [0.25, 0.3) is 0 Å². The number of hydrogen-bond donors (Lipinski definition) is 0. The molecule has 0 aromatic heterocycles. The SMILES string of the molecule is CCCN1C2=C(C(=O)CC(C)(C)C2)C(c2ccc(Oc3ccc(C(F)(F)F)cc3[N+](=O)[O-])cc2)C2=C1CC(C)(C)CC2=O. The Morgan fingerprint density at radius 3 is 1.91 bits per heavy atom. The fraction of sp³-hybridized carbons (Fsp3) is 0.455. The number of rotatable bonds is 6. The van der Waals surface area contributed by atoms with Gasteiger partial charge in [-0.15, -0.1) is 0 Å². The Hall–Kier alpha value is -3.95. The third-order valence-electron chi connectivity index (χ3n) is 8.39. The molecule has 7 nitrogen and oxygen atoms in total. The first kappa shape index (κ1) is 30.5. The molecule has 0 spiro atoms. The molecule has 0 fully saturated rings. The van der Waals surface area contributed by atoms with Crippen LogP contribution in [-0.2, 0) is 15.8 Å². The molecule has 0 atom stereocenters. The molecule has 2 aliphatic carbocycles. The minimum absolute atomic E-state index is 0.0160. The van der Waals surface area contributed by atoms with Gasteiger partial charge in [-0.3, -0.25) is 19.7 Å². The van der Waals surface area contributed by atoms with Gasteiger partial charge in [0.15, 0.2) is 11.6 Å². The largest absolute Gasteiger partial charge is 0.450 e. The minimum atomic E-state index is -4.74. The summed E-state index contributed by atoms with van der Waals surface area (Å²) < 4.78 is 45.1. The van der Waals surface area contributed by atoms with Gasteiger partial charge < -0.3 is 9.64 Å². The lowest BCUT2D eigenvalue weighted by molar-refractivity contribution is -0.385. The van der Waals surface area contributed by atoms with Crippen LogP contribution in [0.3, 0.4) is 0 Å². The zero-order valence-electron chi connectivity index (χ0n) is 24.9. The first-order valence-corrected chi connectivity index (χ1v) is 14.4. The molecule has 0 bridgehead atoms. The van der Waals surface area contributed by atoms with Crippen LogP contribution in [0.5, 0.6) is 11.5 Å². The maximum atomic E-state index is 13.8. The van der Waals surface area contributed by atoms with E-state index in [1.165, 1.54) is 0 Å². The van der Waals surface area contributed by atoms with Crippen LogP contribution < -0.4 is 4.74 Å². The Morgan fingerprint density at radius 2 is 1.44 bits per heavy atom. The predicted molar refractivity (Wildman–Crippen MR) is 154 cm³/mol. The number of carbonyl (C=O) groups excluding carboxylic acids is 2. The van der Waals surface area contributed by atoms with Crippen LogP contribution in [0, 0.1) is 20.9 Å². The molecule has 228 valence electrons. The zero-order valence-corrected chi connectivity index (χ0v) is 24.9. The first-order valence-electron chi connectivity index (χ1n) is 14.4. The van der Waals surface area contributed by atoms with Crippen molar-refractivity contribution in [2.45, 2.75) is 78.8 Å². The van der Waals surface area contributed by atoms with E-state index in [-0.39, 0.29) is 33.9 Å². The van der Waals surface area contributed by atoms with Gasteiger partial charge in [-0.1, -0.05) is 46.8 Å². The fourth-order valence-electron chi connectivity index (χ4n) is 6.65. The Kier molecular flexibility index (Phi) is 7.55. The number of nitrogens with zero attached hydrogens (tertiary/aromatic N) is 2. The maximum Gasteiger partial charge on any atom is 0.416 e. The Morgan fingerprint density at radius 1 is 0.907 bits per heavy atom. The van der Waals surface area contributed by atoms with E-state index in [1.54, 1.807) is 24.3 Å². The fourth-order valence-corrected chi connectivity index (χ4v) is 6.65. The van der Waals surface area contributed by atoms with Gasteiger partial charge in [-0.2, -0.15) is 13.2 Å². The second-order valence-electron chi connectivity index (χ2n) is 13.3. The van der Waals surface area contributed by atoms with Gasteiger partial charge >= 0.3 is 11.9 Å². The molecular formula is C33H35F3N2O5.